The highest BCUT2D eigenvalue weighted by molar-refractivity contribution is 7.20. The third kappa shape index (κ3) is 3.61. The highest BCUT2D eigenvalue weighted by atomic mass is 31.1. The highest BCUT2D eigenvalue weighted by Crippen LogP contribution is 2.29. The van der Waals surface area contributed by atoms with Crippen LogP contribution >= 0.6 is 8.51 Å². The first kappa shape index (κ1) is 11.1. The number of hydrogen-bond acceptors (Lipinski definition) is 1. The Morgan fingerprint density at radius 1 is 1.00 bits per heavy atom. The van der Waals surface area contributed by atoms with Gasteiger partial charge in [-0.2, -0.15) is 0 Å². The smallest absolute Gasteiger partial charge is 0.129 e. The molecule has 0 aliphatic heterocycles. The van der Waals surface area contributed by atoms with Gasteiger partial charge in [-0.15, -0.1) is 0 Å². The van der Waals surface area contributed by atoms with E-state index in [4.69, 9.17) is 0 Å². The van der Waals surface area contributed by atoms with Crippen molar-refractivity contribution in [1.82, 2.24) is 9.49 Å². The van der Waals surface area contributed by atoms with Crippen LogP contribution in [0.3, 0.4) is 0 Å². The normalized spacial score (nSPS) is 21.9. The second-order valence-corrected chi connectivity index (χ2v) is 5.31. The van der Waals surface area contributed by atoms with Crippen molar-refractivity contribution in [2.45, 2.75) is 63.7 Å². The Hall–Kier alpha value is -0.360. The number of aromatic nitrogens is 2. The average molecular weight is 224 g/mol. The minimum atomic E-state index is 0.741. The summed E-state index contributed by atoms with van der Waals surface area (Å²) in [6.07, 6.45) is 14.8. The Labute approximate surface area is 94.1 Å². The molecule has 2 rings (SSSR count). The van der Waals surface area contributed by atoms with E-state index in [9.17, 15) is 0 Å². The maximum Gasteiger partial charge on any atom is 0.129 e. The number of H-pyrrole nitrogens is 1. The molecule has 2 nitrogen and oxygen atoms in total. The summed E-state index contributed by atoms with van der Waals surface area (Å²) in [6.45, 7) is 0. The summed E-state index contributed by atoms with van der Waals surface area (Å²) in [6, 6.07) is 0. The number of rotatable bonds is 1. The van der Waals surface area contributed by atoms with E-state index in [1.54, 1.807) is 0 Å². The summed E-state index contributed by atoms with van der Waals surface area (Å²) in [5.41, 5.74) is 1.33. The van der Waals surface area contributed by atoms with E-state index in [1.165, 1.54) is 63.5 Å². The third-order valence-corrected chi connectivity index (χ3v) is 4.03. The van der Waals surface area contributed by atoms with Crippen LogP contribution in [0.2, 0.25) is 0 Å². The van der Waals surface area contributed by atoms with Gasteiger partial charge in [-0.05, 0) is 12.8 Å². The Morgan fingerprint density at radius 2 is 1.60 bits per heavy atom. The zero-order valence-corrected chi connectivity index (χ0v) is 10.3. The lowest BCUT2D eigenvalue weighted by atomic mass is 9.90. The molecule has 1 N–H and O–H groups in total. The molecule has 3 heteroatoms. The van der Waals surface area contributed by atoms with Crippen LogP contribution < -0.4 is 0 Å². The fourth-order valence-corrected chi connectivity index (χ4v) is 3.10. The predicted octanol–water partition coefficient (Wildman–Crippen LogP) is 4.60. The first-order chi connectivity index (χ1) is 7.47. The molecule has 84 valence electrons. The van der Waals surface area contributed by atoms with Gasteiger partial charge in [0.25, 0.3) is 0 Å². The van der Waals surface area contributed by atoms with E-state index < -0.39 is 0 Å². The van der Waals surface area contributed by atoms with Gasteiger partial charge >= 0.3 is 0 Å². The van der Waals surface area contributed by atoms with Gasteiger partial charge < -0.3 is 4.75 Å². The van der Waals surface area contributed by atoms with Crippen LogP contribution in [-0.4, -0.2) is 9.49 Å². The molecule has 0 atom stereocenters. The maximum absolute atomic E-state index is 4.51. The molecule has 0 saturated heterocycles. The van der Waals surface area contributed by atoms with Gasteiger partial charge in [0.1, 0.15) is 8.51 Å². The second-order valence-electron chi connectivity index (χ2n) is 4.65. The van der Waals surface area contributed by atoms with Crippen LogP contribution in [0.1, 0.15) is 69.4 Å². The lowest BCUT2D eigenvalue weighted by molar-refractivity contribution is 0.458. The van der Waals surface area contributed by atoms with Gasteiger partial charge in [0.2, 0.25) is 0 Å². The molecule has 1 saturated carbocycles. The fraction of sp³-hybridized carbons (Fsp3) is 0.833. The Kier molecular flexibility index (Phi) is 4.66. The molecule has 0 aromatic carbocycles. The summed E-state index contributed by atoms with van der Waals surface area (Å²) in [4.78, 5) is 0. The van der Waals surface area contributed by atoms with Crippen LogP contribution in [0.15, 0.2) is 6.20 Å². The number of nitrogens with one attached hydrogen (secondary N) is 1. The second kappa shape index (κ2) is 6.27. The van der Waals surface area contributed by atoms with Gasteiger partial charge in [0.15, 0.2) is 0 Å². The molecule has 0 unspecified atom stereocenters. The molecule has 1 aliphatic carbocycles. The summed E-state index contributed by atoms with van der Waals surface area (Å²) in [5.74, 6) is 0.741. The van der Waals surface area contributed by atoms with Gasteiger partial charge in [0.05, 0.1) is 5.69 Å². The van der Waals surface area contributed by atoms with Crippen LogP contribution in [0.4, 0.5) is 0 Å². The maximum atomic E-state index is 4.51. The molecule has 1 aliphatic rings. The van der Waals surface area contributed by atoms with Crippen molar-refractivity contribution in [3.63, 3.8) is 0 Å². The lowest BCUT2D eigenvalue weighted by Crippen LogP contribution is -2.01. The van der Waals surface area contributed by atoms with Crippen molar-refractivity contribution in [3.8, 4) is 0 Å². The summed E-state index contributed by atoms with van der Waals surface area (Å²) in [7, 11) is 1.03. The van der Waals surface area contributed by atoms with E-state index in [0.717, 1.165) is 14.4 Å². The molecule has 0 amide bonds. The van der Waals surface area contributed by atoms with Crippen molar-refractivity contribution in [2.24, 2.45) is 0 Å². The zero-order valence-electron chi connectivity index (χ0n) is 9.41. The van der Waals surface area contributed by atoms with Crippen molar-refractivity contribution in [2.75, 3.05) is 0 Å². The van der Waals surface area contributed by atoms with Crippen LogP contribution in [0.25, 0.3) is 0 Å². The molecule has 1 fully saturated rings. The SMILES string of the molecule is c1[nH]pnc1C1CCCCCCCCC1. The topological polar surface area (TPSA) is 28.7 Å². The van der Waals surface area contributed by atoms with Gasteiger partial charge in [-0.25, -0.2) is 4.75 Å². The van der Waals surface area contributed by atoms with E-state index >= 15 is 0 Å². The Bertz CT molecular complexity index is 249. The number of nitrogens with zero attached hydrogens (tertiary/aromatic N) is 1. The molecule has 1 aromatic heterocycles. The van der Waals surface area contributed by atoms with E-state index in [2.05, 4.69) is 15.7 Å². The molecular formula is C12H21N2P. The largest absolute Gasteiger partial charge is 0.328 e. The van der Waals surface area contributed by atoms with Crippen molar-refractivity contribution in [1.29, 1.82) is 0 Å². The van der Waals surface area contributed by atoms with Crippen LogP contribution in [0.5, 0.6) is 0 Å². The molecular weight excluding hydrogens is 203 g/mol. The standard InChI is InChI=1S/C12H21N2P/c1-2-4-6-8-11(9-7-5-3-1)12-10-13-15-14-12/h10-11H,1-9H2,(H,13,14). The zero-order chi connectivity index (χ0) is 10.3. The third-order valence-electron chi connectivity index (χ3n) is 3.46. The lowest BCUT2D eigenvalue weighted by Gasteiger charge is -2.16. The first-order valence-corrected chi connectivity index (χ1v) is 7.18. The predicted molar refractivity (Wildman–Crippen MR) is 65.4 cm³/mol. The molecule has 1 aromatic rings. The minimum absolute atomic E-state index is 0.741. The van der Waals surface area contributed by atoms with Crippen molar-refractivity contribution >= 4 is 8.51 Å². The fourth-order valence-electron chi connectivity index (χ4n) is 2.52. The molecule has 15 heavy (non-hydrogen) atoms. The van der Waals surface area contributed by atoms with Crippen LogP contribution in [0, 0.1) is 0 Å². The number of aromatic amines is 1. The van der Waals surface area contributed by atoms with Crippen LogP contribution in [-0.2, 0) is 0 Å². The summed E-state index contributed by atoms with van der Waals surface area (Å²) in [5, 5.41) is 0. The Morgan fingerprint density at radius 3 is 2.13 bits per heavy atom. The molecule has 0 spiro atoms. The van der Waals surface area contributed by atoms with Gasteiger partial charge in [0, 0.05) is 12.1 Å². The first-order valence-electron chi connectivity index (χ1n) is 6.33. The number of hydrogen-bond donors (Lipinski definition) is 1. The molecule has 0 bridgehead atoms. The molecule has 0 radical (unpaired) electrons. The quantitative estimate of drug-likeness (QED) is 0.742. The van der Waals surface area contributed by atoms with E-state index in [1.807, 2.05) is 0 Å². The Balaban J connectivity index is 1.90. The van der Waals surface area contributed by atoms with Crippen molar-refractivity contribution in [3.05, 3.63) is 11.9 Å². The monoisotopic (exact) mass is 224 g/mol. The summed E-state index contributed by atoms with van der Waals surface area (Å²) >= 11 is 0. The average Bonchev–Trinajstić information content (AvgIpc) is 2.79. The minimum Gasteiger partial charge on any atom is -0.328 e. The highest BCUT2D eigenvalue weighted by Gasteiger charge is 2.13. The van der Waals surface area contributed by atoms with E-state index in [0.29, 0.717) is 0 Å². The van der Waals surface area contributed by atoms with Crippen molar-refractivity contribution < 1.29 is 0 Å². The summed E-state index contributed by atoms with van der Waals surface area (Å²) < 4.78 is 7.69. The van der Waals surface area contributed by atoms with E-state index in [-0.39, 0.29) is 0 Å². The van der Waals surface area contributed by atoms with Gasteiger partial charge in [-0.3, -0.25) is 0 Å². The van der Waals surface area contributed by atoms with Gasteiger partial charge in [-0.1, -0.05) is 44.9 Å². The molecule has 1 heterocycles.